The fraction of sp³-hybridized carbons (Fsp3) is 0.0556. The maximum atomic E-state index is 13.9. The summed E-state index contributed by atoms with van der Waals surface area (Å²) in [5.74, 6) is -1.13. The van der Waals surface area contributed by atoms with Crippen LogP contribution >= 0.6 is 0 Å². The Bertz CT molecular complexity index is 978. The molecule has 1 amide bonds. The third-order valence-electron chi connectivity index (χ3n) is 3.70. The van der Waals surface area contributed by atoms with Gasteiger partial charge in [-0.05, 0) is 53.9 Å². The number of halogens is 1. The van der Waals surface area contributed by atoms with E-state index in [1.165, 1.54) is 6.07 Å². The molecule has 120 valence electrons. The van der Waals surface area contributed by atoms with Gasteiger partial charge in [0.25, 0.3) is 5.91 Å². The van der Waals surface area contributed by atoms with E-state index in [0.29, 0.717) is 22.2 Å². The molecule has 6 heteroatoms. The number of benzene rings is 2. The van der Waals surface area contributed by atoms with E-state index in [0.717, 1.165) is 10.9 Å². The lowest BCUT2D eigenvalue weighted by Crippen LogP contribution is -2.24. The van der Waals surface area contributed by atoms with E-state index in [1.54, 1.807) is 43.5 Å². The Morgan fingerprint density at radius 1 is 1.12 bits per heavy atom. The summed E-state index contributed by atoms with van der Waals surface area (Å²) < 4.78 is 13.9. The topological polar surface area (TPSA) is 94.4 Å². The fourth-order valence-corrected chi connectivity index (χ4v) is 2.47. The molecule has 0 atom stereocenters. The highest BCUT2D eigenvalue weighted by Crippen LogP contribution is 2.29. The van der Waals surface area contributed by atoms with Gasteiger partial charge in [0.05, 0.1) is 5.52 Å². The lowest BCUT2D eigenvalue weighted by atomic mass is 9.98. The number of rotatable bonds is 2. The normalized spacial score (nSPS) is 10.6. The van der Waals surface area contributed by atoms with Gasteiger partial charge in [0.2, 0.25) is 0 Å². The van der Waals surface area contributed by atoms with Crippen molar-refractivity contribution in [1.29, 1.82) is 0 Å². The molecule has 3 aromatic rings. The zero-order valence-electron chi connectivity index (χ0n) is 13.0. The number of hydrogen-bond acceptors (Lipinski definition) is 2. The van der Waals surface area contributed by atoms with Crippen LogP contribution in [0.2, 0.25) is 0 Å². The molecule has 4 N–H and O–H groups in total. The Morgan fingerprint density at radius 3 is 2.62 bits per heavy atom. The summed E-state index contributed by atoms with van der Waals surface area (Å²) in [5, 5.41) is 0.720. The molecule has 0 saturated carbocycles. The molecule has 1 aromatic heterocycles. The molecular weight excluding hydrogens is 307 g/mol. The van der Waals surface area contributed by atoms with Crippen molar-refractivity contribution >= 4 is 22.8 Å². The number of fused-ring (bicyclic) bond motifs is 1. The molecule has 3 rings (SSSR count). The van der Waals surface area contributed by atoms with Gasteiger partial charge in [0.15, 0.2) is 5.96 Å². The number of aryl methyl sites for hydroxylation is 1. The molecule has 0 saturated heterocycles. The van der Waals surface area contributed by atoms with Gasteiger partial charge in [-0.15, -0.1) is 0 Å². The SMILES string of the molecule is Cc1ccc(-c2ccnc3ccc(C(=O)N=C(N)N)cc23)cc1F. The molecule has 0 aliphatic carbocycles. The first-order valence-corrected chi connectivity index (χ1v) is 7.25. The zero-order chi connectivity index (χ0) is 17.3. The Labute approximate surface area is 137 Å². The van der Waals surface area contributed by atoms with Crippen molar-refractivity contribution in [2.24, 2.45) is 16.5 Å². The standard InChI is InChI=1S/C18H15FN4O/c1-10-2-3-11(9-15(10)19)13-6-7-22-16-5-4-12(8-14(13)16)17(24)23-18(20)21/h2-9H,1H3,(H4,20,21,23,24). The molecule has 0 aliphatic heterocycles. The molecule has 0 spiro atoms. The van der Waals surface area contributed by atoms with E-state index in [2.05, 4.69) is 9.98 Å². The van der Waals surface area contributed by atoms with E-state index < -0.39 is 5.91 Å². The second kappa shape index (κ2) is 6.08. The van der Waals surface area contributed by atoms with Crippen molar-refractivity contribution < 1.29 is 9.18 Å². The van der Waals surface area contributed by atoms with Gasteiger partial charge in [-0.3, -0.25) is 9.78 Å². The van der Waals surface area contributed by atoms with Gasteiger partial charge in [-0.1, -0.05) is 12.1 Å². The second-order valence-electron chi connectivity index (χ2n) is 5.40. The van der Waals surface area contributed by atoms with Crippen LogP contribution in [0.25, 0.3) is 22.0 Å². The van der Waals surface area contributed by atoms with Crippen LogP contribution in [0, 0.1) is 12.7 Å². The maximum absolute atomic E-state index is 13.9. The number of nitrogens with two attached hydrogens (primary N) is 2. The van der Waals surface area contributed by atoms with Crippen molar-refractivity contribution in [2.75, 3.05) is 0 Å². The Balaban J connectivity index is 2.19. The quantitative estimate of drug-likeness (QED) is 0.560. The van der Waals surface area contributed by atoms with Gasteiger partial charge in [0.1, 0.15) is 5.82 Å². The van der Waals surface area contributed by atoms with Crippen LogP contribution in [0.5, 0.6) is 0 Å². The number of guanidine groups is 1. The zero-order valence-corrected chi connectivity index (χ0v) is 13.0. The number of carbonyl (C=O) groups excluding carboxylic acids is 1. The smallest absolute Gasteiger partial charge is 0.280 e. The predicted molar refractivity (Wildman–Crippen MR) is 92.0 cm³/mol. The highest BCUT2D eigenvalue weighted by molar-refractivity contribution is 6.05. The van der Waals surface area contributed by atoms with Crippen LogP contribution in [0.1, 0.15) is 15.9 Å². The summed E-state index contributed by atoms with van der Waals surface area (Å²) in [6.07, 6.45) is 1.65. The van der Waals surface area contributed by atoms with Crippen LogP contribution in [-0.4, -0.2) is 16.9 Å². The number of pyridine rings is 1. The fourth-order valence-electron chi connectivity index (χ4n) is 2.47. The van der Waals surface area contributed by atoms with Crippen LogP contribution in [-0.2, 0) is 0 Å². The molecule has 0 aliphatic rings. The highest BCUT2D eigenvalue weighted by atomic mass is 19.1. The van der Waals surface area contributed by atoms with Crippen LogP contribution in [0.4, 0.5) is 4.39 Å². The average molecular weight is 322 g/mol. The monoisotopic (exact) mass is 322 g/mol. The number of aromatic nitrogens is 1. The summed E-state index contributed by atoms with van der Waals surface area (Å²) in [5.41, 5.74) is 13.6. The van der Waals surface area contributed by atoms with E-state index in [-0.39, 0.29) is 11.8 Å². The summed E-state index contributed by atoms with van der Waals surface area (Å²) >= 11 is 0. The first kappa shape index (κ1) is 15.6. The highest BCUT2D eigenvalue weighted by Gasteiger charge is 2.11. The lowest BCUT2D eigenvalue weighted by Gasteiger charge is -2.08. The summed E-state index contributed by atoms with van der Waals surface area (Å²) in [4.78, 5) is 19.8. The number of carbonyl (C=O) groups is 1. The van der Waals surface area contributed by atoms with E-state index in [9.17, 15) is 9.18 Å². The summed E-state index contributed by atoms with van der Waals surface area (Å²) in [6.45, 7) is 1.70. The Hall–Kier alpha value is -3.28. The summed E-state index contributed by atoms with van der Waals surface area (Å²) in [7, 11) is 0. The molecule has 2 aromatic carbocycles. The van der Waals surface area contributed by atoms with Gasteiger partial charge in [-0.2, -0.15) is 4.99 Å². The van der Waals surface area contributed by atoms with Crippen molar-refractivity contribution in [3.8, 4) is 11.1 Å². The first-order valence-electron chi connectivity index (χ1n) is 7.25. The number of aliphatic imine (C=N–C) groups is 1. The number of hydrogen-bond donors (Lipinski definition) is 2. The van der Waals surface area contributed by atoms with Crippen LogP contribution < -0.4 is 11.5 Å². The van der Waals surface area contributed by atoms with Crippen molar-refractivity contribution in [3.63, 3.8) is 0 Å². The third-order valence-corrected chi connectivity index (χ3v) is 3.70. The van der Waals surface area contributed by atoms with Gasteiger partial charge >= 0.3 is 0 Å². The number of amides is 1. The number of nitrogens with zero attached hydrogens (tertiary/aromatic N) is 2. The Kier molecular flexibility index (Phi) is 3.95. The molecule has 5 nitrogen and oxygen atoms in total. The van der Waals surface area contributed by atoms with Gasteiger partial charge < -0.3 is 11.5 Å². The van der Waals surface area contributed by atoms with E-state index in [1.807, 2.05) is 6.07 Å². The van der Waals surface area contributed by atoms with Crippen LogP contribution in [0.3, 0.4) is 0 Å². The van der Waals surface area contributed by atoms with Gasteiger partial charge in [-0.25, -0.2) is 4.39 Å². The largest absolute Gasteiger partial charge is 0.370 e. The Morgan fingerprint density at radius 2 is 1.92 bits per heavy atom. The minimum absolute atomic E-state index is 0.287. The van der Waals surface area contributed by atoms with E-state index in [4.69, 9.17) is 11.5 Å². The molecule has 0 unspecified atom stereocenters. The van der Waals surface area contributed by atoms with Crippen molar-refractivity contribution in [3.05, 3.63) is 65.6 Å². The molecule has 24 heavy (non-hydrogen) atoms. The van der Waals surface area contributed by atoms with E-state index >= 15 is 0 Å². The minimum Gasteiger partial charge on any atom is -0.370 e. The molecule has 0 radical (unpaired) electrons. The maximum Gasteiger partial charge on any atom is 0.280 e. The van der Waals surface area contributed by atoms with Crippen LogP contribution in [0.15, 0.2) is 53.7 Å². The van der Waals surface area contributed by atoms with Gasteiger partial charge in [0, 0.05) is 17.1 Å². The van der Waals surface area contributed by atoms with Crippen molar-refractivity contribution in [2.45, 2.75) is 6.92 Å². The molecule has 0 bridgehead atoms. The lowest BCUT2D eigenvalue weighted by molar-refractivity contribution is 0.100. The van der Waals surface area contributed by atoms with Crippen molar-refractivity contribution in [1.82, 2.24) is 4.98 Å². The predicted octanol–water partition coefficient (Wildman–Crippen LogP) is 2.76. The molecule has 0 fully saturated rings. The summed E-state index contributed by atoms with van der Waals surface area (Å²) in [6, 6.07) is 11.8. The average Bonchev–Trinajstić information content (AvgIpc) is 2.55. The molecular formula is C18H15FN4O. The first-order chi connectivity index (χ1) is 11.5. The molecule has 1 heterocycles. The third kappa shape index (κ3) is 2.94. The minimum atomic E-state index is -0.540. The second-order valence-corrected chi connectivity index (χ2v) is 5.40.